The normalized spacial score (nSPS) is 22.8. The van der Waals surface area contributed by atoms with Gasteiger partial charge in [0.05, 0.1) is 0 Å². The summed E-state index contributed by atoms with van der Waals surface area (Å²) < 4.78 is 36.9. The smallest absolute Gasteiger partial charge is 0.345 e. The lowest BCUT2D eigenvalue weighted by Crippen LogP contribution is -2.51. The summed E-state index contributed by atoms with van der Waals surface area (Å²) in [6, 6.07) is 8.77. The Morgan fingerprint density at radius 3 is 2.50 bits per heavy atom. The number of rotatable bonds is 2. The highest BCUT2D eigenvalue weighted by molar-refractivity contribution is 5.85. The predicted octanol–water partition coefficient (Wildman–Crippen LogP) is 2.23. The SMILES string of the molecule is Cl.O=C(N[C@@H]1CCNC[C@@H]1c1ccccc1)C(F)(F)F. The van der Waals surface area contributed by atoms with Gasteiger partial charge in [-0.1, -0.05) is 30.3 Å². The summed E-state index contributed by atoms with van der Waals surface area (Å²) in [7, 11) is 0. The van der Waals surface area contributed by atoms with Crippen LogP contribution < -0.4 is 10.6 Å². The first-order chi connectivity index (χ1) is 8.98. The molecule has 0 saturated carbocycles. The summed E-state index contributed by atoms with van der Waals surface area (Å²) >= 11 is 0. The van der Waals surface area contributed by atoms with E-state index in [4.69, 9.17) is 0 Å². The van der Waals surface area contributed by atoms with Crippen molar-refractivity contribution in [3.63, 3.8) is 0 Å². The van der Waals surface area contributed by atoms with Gasteiger partial charge in [0.1, 0.15) is 0 Å². The number of amides is 1. The summed E-state index contributed by atoms with van der Waals surface area (Å²) in [6.45, 7) is 1.17. The van der Waals surface area contributed by atoms with Gasteiger partial charge in [0.25, 0.3) is 0 Å². The number of halogens is 4. The van der Waals surface area contributed by atoms with E-state index in [2.05, 4.69) is 10.6 Å². The molecule has 1 heterocycles. The van der Waals surface area contributed by atoms with Crippen molar-refractivity contribution in [3.8, 4) is 0 Å². The van der Waals surface area contributed by atoms with Crippen LogP contribution in [0.15, 0.2) is 30.3 Å². The Kier molecular flexibility index (Phi) is 5.83. The Labute approximate surface area is 121 Å². The lowest BCUT2D eigenvalue weighted by Gasteiger charge is -2.33. The van der Waals surface area contributed by atoms with Crippen molar-refractivity contribution in [3.05, 3.63) is 35.9 Å². The molecule has 0 aliphatic carbocycles. The third-order valence-corrected chi connectivity index (χ3v) is 3.28. The van der Waals surface area contributed by atoms with Crippen LogP contribution in [0.3, 0.4) is 0 Å². The molecule has 1 aliphatic rings. The Morgan fingerprint density at radius 2 is 1.90 bits per heavy atom. The fraction of sp³-hybridized carbons (Fsp3) is 0.462. The molecular weight excluding hydrogens is 293 g/mol. The first-order valence-corrected chi connectivity index (χ1v) is 6.12. The second-order valence-electron chi connectivity index (χ2n) is 4.59. The van der Waals surface area contributed by atoms with E-state index in [0.717, 1.165) is 5.56 Å². The zero-order chi connectivity index (χ0) is 13.9. The van der Waals surface area contributed by atoms with E-state index in [1.807, 2.05) is 30.3 Å². The van der Waals surface area contributed by atoms with Gasteiger partial charge in [-0.05, 0) is 18.5 Å². The molecule has 1 aromatic rings. The minimum absolute atomic E-state index is 0. The number of nitrogens with one attached hydrogen (secondary N) is 2. The molecule has 1 amide bonds. The second kappa shape index (κ2) is 6.95. The van der Waals surface area contributed by atoms with Gasteiger partial charge in [0, 0.05) is 18.5 Å². The minimum Gasteiger partial charge on any atom is -0.345 e. The average molecular weight is 309 g/mol. The van der Waals surface area contributed by atoms with Gasteiger partial charge in [0.2, 0.25) is 0 Å². The predicted molar refractivity (Wildman–Crippen MR) is 71.9 cm³/mol. The van der Waals surface area contributed by atoms with Crippen LogP contribution in [0.25, 0.3) is 0 Å². The molecule has 3 nitrogen and oxygen atoms in total. The number of benzene rings is 1. The first-order valence-electron chi connectivity index (χ1n) is 6.12. The van der Waals surface area contributed by atoms with Gasteiger partial charge in [-0.15, -0.1) is 12.4 Å². The standard InChI is InChI=1S/C13H15F3N2O.ClH/c14-13(15,16)12(19)18-11-6-7-17-8-10(11)9-4-2-1-3-5-9;/h1-5,10-11,17H,6-8H2,(H,18,19);1H/t10-,11-;/m1./s1. The lowest BCUT2D eigenvalue weighted by atomic mass is 9.87. The van der Waals surface area contributed by atoms with Gasteiger partial charge < -0.3 is 10.6 Å². The number of hydrogen-bond donors (Lipinski definition) is 2. The van der Waals surface area contributed by atoms with Crippen molar-refractivity contribution >= 4 is 18.3 Å². The highest BCUT2D eigenvalue weighted by Crippen LogP contribution is 2.25. The molecule has 7 heteroatoms. The molecule has 1 aliphatic heterocycles. The zero-order valence-electron chi connectivity index (χ0n) is 10.6. The highest BCUT2D eigenvalue weighted by atomic mass is 35.5. The fourth-order valence-corrected chi connectivity index (χ4v) is 2.33. The number of hydrogen-bond acceptors (Lipinski definition) is 2. The van der Waals surface area contributed by atoms with Gasteiger partial charge >= 0.3 is 12.1 Å². The Bertz CT molecular complexity index is 439. The highest BCUT2D eigenvalue weighted by Gasteiger charge is 2.41. The molecule has 112 valence electrons. The van der Waals surface area contributed by atoms with Crippen molar-refractivity contribution < 1.29 is 18.0 Å². The van der Waals surface area contributed by atoms with E-state index < -0.39 is 18.1 Å². The van der Waals surface area contributed by atoms with Crippen LogP contribution in [-0.2, 0) is 4.79 Å². The van der Waals surface area contributed by atoms with Gasteiger partial charge in [0.15, 0.2) is 0 Å². The summed E-state index contributed by atoms with van der Waals surface area (Å²) in [5.41, 5.74) is 0.933. The Hall–Kier alpha value is -1.27. The van der Waals surface area contributed by atoms with Crippen molar-refractivity contribution in [2.24, 2.45) is 0 Å². The molecular formula is C13H16ClF3N2O. The van der Waals surface area contributed by atoms with E-state index in [1.54, 1.807) is 0 Å². The number of piperidine rings is 1. The fourth-order valence-electron chi connectivity index (χ4n) is 2.33. The Morgan fingerprint density at radius 1 is 1.25 bits per heavy atom. The van der Waals surface area contributed by atoms with Crippen LogP contribution in [0.4, 0.5) is 13.2 Å². The maximum absolute atomic E-state index is 12.3. The first kappa shape index (κ1) is 16.8. The van der Waals surface area contributed by atoms with Crippen LogP contribution in [-0.4, -0.2) is 31.2 Å². The quantitative estimate of drug-likeness (QED) is 0.880. The molecule has 0 radical (unpaired) electrons. The van der Waals surface area contributed by atoms with Crippen molar-refractivity contribution in [1.29, 1.82) is 0 Å². The van der Waals surface area contributed by atoms with E-state index in [1.165, 1.54) is 0 Å². The van der Waals surface area contributed by atoms with Gasteiger partial charge in [-0.2, -0.15) is 13.2 Å². The average Bonchev–Trinajstić information content (AvgIpc) is 2.39. The lowest BCUT2D eigenvalue weighted by molar-refractivity contribution is -0.174. The molecule has 20 heavy (non-hydrogen) atoms. The third kappa shape index (κ3) is 4.11. The topological polar surface area (TPSA) is 41.1 Å². The molecule has 0 aromatic heterocycles. The third-order valence-electron chi connectivity index (χ3n) is 3.28. The van der Waals surface area contributed by atoms with E-state index in [-0.39, 0.29) is 18.3 Å². The number of carbonyl (C=O) groups is 1. The zero-order valence-corrected chi connectivity index (χ0v) is 11.4. The number of carbonyl (C=O) groups excluding carboxylic acids is 1. The summed E-state index contributed by atoms with van der Waals surface area (Å²) in [5.74, 6) is -2.00. The Balaban J connectivity index is 0.00000200. The van der Waals surface area contributed by atoms with Gasteiger partial charge in [-0.25, -0.2) is 0 Å². The monoisotopic (exact) mass is 308 g/mol. The van der Waals surface area contributed by atoms with Crippen LogP contribution in [0, 0.1) is 0 Å². The van der Waals surface area contributed by atoms with E-state index in [0.29, 0.717) is 19.5 Å². The summed E-state index contributed by atoms with van der Waals surface area (Å²) in [4.78, 5) is 11.1. The molecule has 0 bridgehead atoms. The minimum atomic E-state index is -4.83. The largest absolute Gasteiger partial charge is 0.471 e. The molecule has 0 unspecified atom stereocenters. The van der Waals surface area contributed by atoms with Crippen LogP contribution in [0.1, 0.15) is 17.9 Å². The van der Waals surface area contributed by atoms with E-state index in [9.17, 15) is 18.0 Å². The number of alkyl halides is 3. The summed E-state index contributed by atoms with van der Waals surface area (Å²) in [5, 5.41) is 5.25. The second-order valence-corrected chi connectivity index (χ2v) is 4.59. The molecule has 1 saturated heterocycles. The molecule has 0 spiro atoms. The van der Waals surface area contributed by atoms with Crippen molar-refractivity contribution in [1.82, 2.24) is 10.6 Å². The van der Waals surface area contributed by atoms with Crippen LogP contribution >= 0.6 is 12.4 Å². The molecule has 1 aromatic carbocycles. The summed E-state index contributed by atoms with van der Waals surface area (Å²) in [6.07, 6.45) is -4.34. The molecule has 2 atom stereocenters. The molecule has 1 fully saturated rings. The van der Waals surface area contributed by atoms with Crippen LogP contribution in [0.2, 0.25) is 0 Å². The van der Waals surface area contributed by atoms with E-state index >= 15 is 0 Å². The maximum Gasteiger partial charge on any atom is 0.471 e. The van der Waals surface area contributed by atoms with Gasteiger partial charge in [-0.3, -0.25) is 4.79 Å². The van der Waals surface area contributed by atoms with Crippen molar-refractivity contribution in [2.45, 2.75) is 24.6 Å². The van der Waals surface area contributed by atoms with Crippen molar-refractivity contribution in [2.75, 3.05) is 13.1 Å². The molecule has 2 rings (SSSR count). The maximum atomic E-state index is 12.3. The molecule has 2 N–H and O–H groups in total. The van der Waals surface area contributed by atoms with Crippen LogP contribution in [0.5, 0.6) is 0 Å².